The largest absolute Gasteiger partial charge is 0.618 e. The van der Waals surface area contributed by atoms with E-state index in [1.165, 1.54) is 6.92 Å². The minimum Gasteiger partial charge on any atom is -0.618 e. The normalized spacial score (nSPS) is 10.1. The number of nitro groups is 1. The number of carbonyl (C=O) groups excluding carboxylic acids is 1. The molecule has 2 aromatic rings. The van der Waals surface area contributed by atoms with Crippen molar-refractivity contribution in [2.45, 2.75) is 6.92 Å². The van der Waals surface area contributed by atoms with Crippen LogP contribution in [0.25, 0.3) is 0 Å². The lowest BCUT2D eigenvalue weighted by Gasteiger charge is -2.07. The second-order valence-electron chi connectivity index (χ2n) is 4.11. The maximum Gasteiger partial charge on any atom is 0.322 e. The number of nitrogens with zero attached hydrogens (tertiary/aromatic N) is 2. The van der Waals surface area contributed by atoms with E-state index in [-0.39, 0.29) is 17.1 Å². The van der Waals surface area contributed by atoms with E-state index >= 15 is 0 Å². The zero-order valence-corrected chi connectivity index (χ0v) is 10.6. The van der Waals surface area contributed by atoms with E-state index in [1.807, 2.05) is 0 Å². The van der Waals surface area contributed by atoms with Crippen LogP contribution in [0.3, 0.4) is 0 Å². The average molecular weight is 273 g/mol. The van der Waals surface area contributed by atoms with Crippen molar-refractivity contribution >= 4 is 17.3 Å². The first-order valence-electron chi connectivity index (χ1n) is 5.74. The summed E-state index contributed by atoms with van der Waals surface area (Å²) in [5.74, 6) is -0.696. The molecule has 102 valence electrons. The first kappa shape index (κ1) is 13.5. The molecule has 1 aromatic heterocycles. The standard InChI is InChI=1S/C13H11N3O4/c1-9-7-11(16(19)20)8-12(15(9)18)13(17)14-10-5-3-2-4-6-10/h2-8H,1H3,(H,14,17). The van der Waals surface area contributed by atoms with Gasteiger partial charge in [-0.3, -0.25) is 14.9 Å². The summed E-state index contributed by atoms with van der Waals surface area (Å²) < 4.78 is 0.366. The zero-order chi connectivity index (χ0) is 14.7. The second-order valence-corrected chi connectivity index (χ2v) is 4.11. The Bertz CT molecular complexity index is 671. The number of anilines is 1. The molecule has 0 saturated heterocycles. The summed E-state index contributed by atoms with van der Waals surface area (Å²) in [7, 11) is 0. The number of para-hydroxylation sites is 1. The number of carbonyl (C=O) groups is 1. The Morgan fingerprint density at radius 3 is 2.50 bits per heavy atom. The molecule has 0 bridgehead atoms. The summed E-state index contributed by atoms with van der Waals surface area (Å²) in [6, 6.07) is 10.6. The molecule has 0 aliphatic carbocycles. The number of amides is 1. The average Bonchev–Trinajstić information content (AvgIpc) is 2.42. The topological polar surface area (TPSA) is 99.2 Å². The molecule has 7 nitrogen and oxygen atoms in total. The molecular weight excluding hydrogens is 262 g/mol. The van der Waals surface area contributed by atoms with Crippen molar-refractivity contribution in [1.29, 1.82) is 0 Å². The lowest BCUT2D eigenvalue weighted by Crippen LogP contribution is -2.39. The van der Waals surface area contributed by atoms with Gasteiger partial charge in [-0.05, 0) is 12.1 Å². The molecule has 2 rings (SSSR count). The van der Waals surface area contributed by atoms with Gasteiger partial charge < -0.3 is 10.5 Å². The fourth-order valence-corrected chi connectivity index (χ4v) is 1.68. The molecule has 1 heterocycles. The Hall–Kier alpha value is -2.96. The van der Waals surface area contributed by atoms with E-state index in [1.54, 1.807) is 30.3 Å². The van der Waals surface area contributed by atoms with Crippen LogP contribution in [0.2, 0.25) is 0 Å². The van der Waals surface area contributed by atoms with Crippen LogP contribution in [0.1, 0.15) is 16.2 Å². The maximum absolute atomic E-state index is 12.0. The van der Waals surface area contributed by atoms with Gasteiger partial charge in [0.1, 0.15) is 0 Å². The number of nitrogens with one attached hydrogen (secondary N) is 1. The van der Waals surface area contributed by atoms with Gasteiger partial charge in [-0.1, -0.05) is 18.2 Å². The molecule has 7 heteroatoms. The Kier molecular flexibility index (Phi) is 3.60. The van der Waals surface area contributed by atoms with Crippen LogP contribution >= 0.6 is 0 Å². The fraction of sp³-hybridized carbons (Fsp3) is 0.0769. The highest BCUT2D eigenvalue weighted by atomic mass is 16.6. The summed E-state index contributed by atoms with van der Waals surface area (Å²) in [5.41, 5.74) is -0.0348. The first-order chi connectivity index (χ1) is 9.49. The van der Waals surface area contributed by atoms with Crippen molar-refractivity contribution in [1.82, 2.24) is 0 Å². The van der Waals surface area contributed by atoms with Crippen LogP contribution in [0, 0.1) is 22.2 Å². The van der Waals surface area contributed by atoms with Gasteiger partial charge in [-0.15, -0.1) is 0 Å². The molecule has 0 spiro atoms. The smallest absolute Gasteiger partial charge is 0.322 e. The molecule has 0 fully saturated rings. The Morgan fingerprint density at radius 1 is 1.25 bits per heavy atom. The summed E-state index contributed by atoms with van der Waals surface area (Å²) in [5, 5.41) is 25.1. The Balaban J connectivity index is 2.36. The molecule has 1 aromatic carbocycles. The van der Waals surface area contributed by atoms with E-state index in [9.17, 15) is 20.1 Å². The van der Waals surface area contributed by atoms with E-state index in [0.29, 0.717) is 10.4 Å². The number of rotatable bonds is 3. The number of pyridine rings is 1. The van der Waals surface area contributed by atoms with Crippen LogP contribution in [-0.4, -0.2) is 10.8 Å². The third-order valence-corrected chi connectivity index (χ3v) is 2.66. The van der Waals surface area contributed by atoms with Crippen LogP contribution < -0.4 is 10.0 Å². The first-order valence-corrected chi connectivity index (χ1v) is 5.74. The van der Waals surface area contributed by atoms with Crippen LogP contribution in [-0.2, 0) is 0 Å². The minimum atomic E-state index is -0.696. The molecule has 0 atom stereocenters. The molecule has 1 N–H and O–H groups in total. The lowest BCUT2D eigenvalue weighted by atomic mass is 10.2. The fourth-order valence-electron chi connectivity index (χ4n) is 1.68. The summed E-state index contributed by atoms with van der Waals surface area (Å²) in [4.78, 5) is 22.1. The highest BCUT2D eigenvalue weighted by molar-refractivity contribution is 6.02. The highest BCUT2D eigenvalue weighted by Crippen LogP contribution is 2.14. The van der Waals surface area contributed by atoms with Crippen LogP contribution in [0.15, 0.2) is 42.5 Å². The number of aromatic nitrogens is 1. The quantitative estimate of drug-likeness (QED) is 0.399. The Labute approximate surface area is 114 Å². The molecule has 0 aliphatic heterocycles. The van der Waals surface area contributed by atoms with Crippen molar-refractivity contribution in [3.05, 3.63) is 69.2 Å². The van der Waals surface area contributed by atoms with Crippen molar-refractivity contribution in [3.8, 4) is 0 Å². The third kappa shape index (κ3) is 2.72. The van der Waals surface area contributed by atoms with Crippen LogP contribution in [0.5, 0.6) is 0 Å². The molecule has 0 aliphatic rings. The van der Waals surface area contributed by atoms with E-state index in [0.717, 1.165) is 12.1 Å². The predicted molar refractivity (Wildman–Crippen MR) is 71.2 cm³/mol. The number of hydrogen-bond donors (Lipinski definition) is 1. The van der Waals surface area contributed by atoms with Gasteiger partial charge in [-0.2, -0.15) is 4.73 Å². The number of aryl methyl sites for hydroxylation is 1. The van der Waals surface area contributed by atoms with E-state index in [2.05, 4.69) is 5.32 Å². The monoisotopic (exact) mass is 273 g/mol. The van der Waals surface area contributed by atoms with Crippen molar-refractivity contribution in [2.75, 3.05) is 5.32 Å². The Morgan fingerprint density at radius 2 is 1.90 bits per heavy atom. The van der Waals surface area contributed by atoms with Crippen LogP contribution in [0.4, 0.5) is 11.4 Å². The number of hydrogen-bond acceptors (Lipinski definition) is 4. The summed E-state index contributed by atoms with van der Waals surface area (Å²) >= 11 is 0. The van der Waals surface area contributed by atoms with Gasteiger partial charge in [0, 0.05) is 12.6 Å². The van der Waals surface area contributed by atoms with Gasteiger partial charge in [0.2, 0.25) is 0 Å². The van der Waals surface area contributed by atoms with E-state index < -0.39 is 10.8 Å². The molecule has 0 radical (unpaired) electrons. The molecule has 0 unspecified atom stereocenters. The van der Waals surface area contributed by atoms with Gasteiger partial charge in [-0.25, -0.2) is 0 Å². The summed E-state index contributed by atoms with van der Waals surface area (Å²) in [6.45, 7) is 1.40. The molecular formula is C13H11N3O4. The maximum atomic E-state index is 12.0. The minimum absolute atomic E-state index is 0.0809. The van der Waals surface area contributed by atoms with Crippen molar-refractivity contribution in [2.24, 2.45) is 0 Å². The van der Waals surface area contributed by atoms with E-state index in [4.69, 9.17) is 0 Å². The molecule has 0 saturated carbocycles. The van der Waals surface area contributed by atoms with Gasteiger partial charge >= 0.3 is 5.91 Å². The SMILES string of the molecule is Cc1cc([N+](=O)[O-])cc(C(=O)Nc2ccccc2)[n+]1[O-]. The lowest BCUT2D eigenvalue weighted by molar-refractivity contribution is -0.615. The molecule has 20 heavy (non-hydrogen) atoms. The van der Waals surface area contributed by atoms with Crippen molar-refractivity contribution in [3.63, 3.8) is 0 Å². The zero-order valence-electron chi connectivity index (χ0n) is 10.6. The predicted octanol–water partition coefficient (Wildman–Crippen LogP) is 1.79. The van der Waals surface area contributed by atoms with Crippen molar-refractivity contribution < 1.29 is 14.4 Å². The summed E-state index contributed by atoms with van der Waals surface area (Å²) in [6.07, 6.45) is 0. The molecule has 1 amide bonds. The third-order valence-electron chi connectivity index (χ3n) is 2.66. The highest BCUT2D eigenvalue weighted by Gasteiger charge is 2.23. The van der Waals surface area contributed by atoms with Gasteiger partial charge in [0.05, 0.1) is 17.1 Å². The van der Waals surface area contributed by atoms with Gasteiger partial charge in [0.15, 0.2) is 5.69 Å². The van der Waals surface area contributed by atoms with Gasteiger partial charge in [0.25, 0.3) is 11.4 Å². The second kappa shape index (κ2) is 5.35. The number of benzene rings is 1.